The van der Waals surface area contributed by atoms with Gasteiger partial charge in [-0.2, -0.15) is 0 Å². The molecule has 0 aliphatic heterocycles. The second-order valence-corrected chi connectivity index (χ2v) is 5.61. The molecule has 0 spiro atoms. The van der Waals surface area contributed by atoms with E-state index in [9.17, 15) is 4.79 Å². The van der Waals surface area contributed by atoms with Crippen LogP contribution >= 0.6 is 23.4 Å². The number of thioether (sulfide) groups is 1. The Morgan fingerprint density at radius 1 is 1.63 bits per heavy atom. The Morgan fingerprint density at radius 3 is 3.00 bits per heavy atom. The van der Waals surface area contributed by atoms with E-state index >= 15 is 0 Å². The molecule has 5 nitrogen and oxygen atoms in total. The zero-order chi connectivity index (χ0) is 13.8. The van der Waals surface area contributed by atoms with Gasteiger partial charge in [0, 0.05) is 6.20 Å². The van der Waals surface area contributed by atoms with Crippen molar-refractivity contribution in [3.63, 3.8) is 0 Å². The summed E-state index contributed by atoms with van der Waals surface area (Å²) in [7, 11) is 0. The predicted molar refractivity (Wildman–Crippen MR) is 74.4 cm³/mol. The second kappa shape index (κ2) is 6.54. The van der Waals surface area contributed by atoms with Crippen LogP contribution in [0.15, 0.2) is 11.4 Å². The first-order valence-electron chi connectivity index (χ1n) is 6.09. The highest BCUT2D eigenvalue weighted by atomic mass is 35.5. The fourth-order valence-corrected chi connectivity index (χ4v) is 2.51. The molecule has 1 aromatic heterocycles. The van der Waals surface area contributed by atoms with Crippen molar-refractivity contribution in [2.24, 2.45) is 17.6 Å². The average Bonchev–Trinajstić information content (AvgIpc) is 3.17. The normalized spacial score (nSPS) is 21.2. The molecule has 1 aliphatic carbocycles. The summed E-state index contributed by atoms with van der Waals surface area (Å²) in [4.78, 5) is 19.8. The molecule has 2 N–H and O–H groups in total. The number of hydrogen-bond acceptors (Lipinski definition) is 6. The Morgan fingerprint density at radius 2 is 2.42 bits per heavy atom. The van der Waals surface area contributed by atoms with Gasteiger partial charge in [0.2, 0.25) is 0 Å². The van der Waals surface area contributed by atoms with E-state index in [2.05, 4.69) is 9.97 Å². The number of nitrogens with zero attached hydrogens (tertiary/aromatic N) is 2. The lowest BCUT2D eigenvalue weighted by Crippen LogP contribution is -2.10. The van der Waals surface area contributed by atoms with Crippen molar-refractivity contribution in [3.8, 4) is 0 Å². The maximum atomic E-state index is 11.8. The van der Waals surface area contributed by atoms with E-state index < -0.39 is 5.97 Å². The molecule has 104 valence electrons. The van der Waals surface area contributed by atoms with Gasteiger partial charge in [0.1, 0.15) is 10.7 Å². The number of esters is 1. The third-order valence-corrected chi connectivity index (χ3v) is 4.07. The van der Waals surface area contributed by atoms with Crippen molar-refractivity contribution in [2.75, 3.05) is 19.4 Å². The lowest BCUT2D eigenvalue weighted by molar-refractivity contribution is 0.0492. The summed E-state index contributed by atoms with van der Waals surface area (Å²) in [6.45, 7) is 1.11. The van der Waals surface area contributed by atoms with E-state index in [1.165, 1.54) is 18.0 Å². The van der Waals surface area contributed by atoms with Gasteiger partial charge >= 0.3 is 5.97 Å². The SMILES string of the molecule is CSc1ncc(C(=O)OCCC2CC2CN)c(Cl)n1. The van der Waals surface area contributed by atoms with Gasteiger partial charge in [0.25, 0.3) is 0 Å². The Bertz CT molecular complexity index is 472. The lowest BCUT2D eigenvalue weighted by Gasteiger charge is -2.06. The number of aromatic nitrogens is 2. The molecule has 7 heteroatoms. The summed E-state index contributed by atoms with van der Waals surface area (Å²) >= 11 is 7.29. The second-order valence-electron chi connectivity index (χ2n) is 4.48. The molecule has 1 aliphatic rings. The number of hydrogen-bond donors (Lipinski definition) is 1. The predicted octanol–water partition coefficient (Wildman–Crippen LogP) is 1.99. The molecule has 1 saturated carbocycles. The topological polar surface area (TPSA) is 78.1 Å². The van der Waals surface area contributed by atoms with E-state index in [0.29, 0.717) is 30.1 Å². The summed E-state index contributed by atoms with van der Waals surface area (Å²) in [5, 5.41) is 0.668. The number of ether oxygens (including phenoxy) is 1. The number of nitrogens with two attached hydrogens (primary N) is 1. The van der Waals surface area contributed by atoms with Crippen molar-refractivity contribution >= 4 is 29.3 Å². The van der Waals surface area contributed by atoms with Crippen molar-refractivity contribution < 1.29 is 9.53 Å². The molecule has 0 amide bonds. The van der Waals surface area contributed by atoms with Crippen LogP contribution in [-0.2, 0) is 4.74 Å². The van der Waals surface area contributed by atoms with Crippen LogP contribution in [0.2, 0.25) is 5.15 Å². The van der Waals surface area contributed by atoms with E-state index in [1.807, 2.05) is 6.26 Å². The highest BCUT2D eigenvalue weighted by Crippen LogP contribution is 2.40. The molecule has 2 unspecified atom stereocenters. The minimum Gasteiger partial charge on any atom is -0.462 e. The number of rotatable bonds is 6. The van der Waals surface area contributed by atoms with Crippen LogP contribution in [0.5, 0.6) is 0 Å². The van der Waals surface area contributed by atoms with Gasteiger partial charge < -0.3 is 10.5 Å². The third-order valence-electron chi connectivity index (χ3n) is 3.22. The fourth-order valence-electron chi connectivity index (χ4n) is 1.91. The van der Waals surface area contributed by atoms with Gasteiger partial charge in [0.15, 0.2) is 5.16 Å². The van der Waals surface area contributed by atoms with E-state index in [4.69, 9.17) is 22.1 Å². The van der Waals surface area contributed by atoms with Crippen LogP contribution in [0.1, 0.15) is 23.2 Å². The van der Waals surface area contributed by atoms with Crippen LogP contribution in [0.4, 0.5) is 0 Å². The molecule has 0 radical (unpaired) electrons. The first kappa shape index (κ1) is 14.6. The molecule has 1 heterocycles. The van der Waals surface area contributed by atoms with Crippen molar-refractivity contribution in [2.45, 2.75) is 18.0 Å². The molecular formula is C12H16ClN3O2S. The number of carbonyl (C=O) groups excluding carboxylic acids is 1. The first-order chi connectivity index (χ1) is 9.15. The number of halogens is 1. The van der Waals surface area contributed by atoms with Gasteiger partial charge in [-0.25, -0.2) is 14.8 Å². The van der Waals surface area contributed by atoms with Crippen LogP contribution in [0.25, 0.3) is 0 Å². The minimum absolute atomic E-state index is 0.135. The monoisotopic (exact) mass is 301 g/mol. The molecule has 2 atom stereocenters. The standard InChI is InChI=1S/C12H16ClN3O2S/c1-19-12-15-6-9(10(13)16-12)11(17)18-3-2-7-4-8(7)5-14/h6-8H,2-5,14H2,1H3. The zero-order valence-corrected chi connectivity index (χ0v) is 12.2. The Labute approximate surface area is 121 Å². The maximum absolute atomic E-state index is 11.8. The zero-order valence-electron chi connectivity index (χ0n) is 10.6. The van der Waals surface area contributed by atoms with Gasteiger partial charge in [-0.05, 0) is 37.5 Å². The summed E-state index contributed by atoms with van der Waals surface area (Å²) in [6, 6.07) is 0. The number of carbonyl (C=O) groups is 1. The van der Waals surface area contributed by atoms with Crippen LogP contribution < -0.4 is 5.73 Å². The highest BCUT2D eigenvalue weighted by Gasteiger charge is 2.35. The van der Waals surface area contributed by atoms with Gasteiger partial charge in [-0.1, -0.05) is 23.4 Å². The van der Waals surface area contributed by atoms with Crippen LogP contribution in [-0.4, -0.2) is 35.3 Å². The van der Waals surface area contributed by atoms with Gasteiger partial charge in [0.05, 0.1) is 6.61 Å². The molecule has 2 rings (SSSR count). The fraction of sp³-hybridized carbons (Fsp3) is 0.583. The summed E-state index contributed by atoms with van der Waals surface area (Å²) in [5.74, 6) is 0.734. The Balaban J connectivity index is 1.82. The minimum atomic E-state index is -0.470. The quantitative estimate of drug-likeness (QED) is 0.375. The van der Waals surface area contributed by atoms with Crippen molar-refractivity contribution in [3.05, 3.63) is 16.9 Å². The Hall–Kier alpha value is -0.850. The lowest BCUT2D eigenvalue weighted by atomic mass is 10.2. The summed E-state index contributed by atoms with van der Waals surface area (Å²) in [6.07, 6.45) is 5.24. The largest absolute Gasteiger partial charge is 0.462 e. The van der Waals surface area contributed by atoms with Crippen molar-refractivity contribution in [1.82, 2.24) is 9.97 Å². The van der Waals surface area contributed by atoms with E-state index in [0.717, 1.165) is 12.8 Å². The average molecular weight is 302 g/mol. The molecule has 0 bridgehead atoms. The summed E-state index contributed by atoms with van der Waals surface area (Å²) in [5.41, 5.74) is 5.76. The summed E-state index contributed by atoms with van der Waals surface area (Å²) < 4.78 is 5.18. The van der Waals surface area contributed by atoms with Crippen molar-refractivity contribution in [1.29, 1.82) is 0 Å². The van der Waals surface area contributed by atoms with Gasteiger partial charge in [-0.15, -0.1) is 0 Å². The van der Waals surface area contributed by atoms with E-state index in [-0.39, 0.29) is 10.7 Å². The van der Waals surface area contributed by atoms with Crippen LogP contribution in [0.3, 0.4) is 0 Å². The smallest absolute Gasteiger partial charge is 0.342 e. The molecule has 1 aromatic rings. The molecule has 0 aromatic carbocycles. The van der Waals surface area contributed by atoms with E-state index in [1.54, 1.807) is 0 Å². The molecular weight excluding hydrogens is 286 g/mol. The maximum Gasteiger partial charge on any atom is 0.342 e. The third kappa shape index (κ3) is 3.81. The molecule has 0 saturated heterocycles. The Kier molecular flexibility index (Phi) is 5.01. The first-order valence-corrected chi connectivity index (χ1v) is 7.69. The highest BCUT2D eigenvalue weighted by molar-refractivity contribution is 7.98. The molecule has 19 heavy (non-hydrogen) atoms. The van der Waals surface area contributed by atoms with Gasteiger partial charge in [-0.3, -0.25) is 0 Å². The molecule has 1 fully saturated rings. The van der Waals surface area contributed by atoms with Crippen LogP contribution in [0, 0.1) is 11.8 Å².